The van der Waals surface area contributed by atoms with E-state index in [2.05, 4.69) is 6.92 Å². The van der Waals surface area contributed by atoms with E-state index in [1.807, 2.05) is 6.08 Å². The molecule has 21 heavy (non-hydrogen) atoms. The number of unbranched alkanes of at least 4 members (excludes halogenated alkanes) is 5. The molecule has 0 saturated carbocycles. The van der Waals surface area contributed by atoms with Crippen molar-refractivity contribution in [3.63, 3.8) is 0 Å². The number of benzene rings is 1. The normalized spacial score (nSPS) is 11.3. The Hall–Kier alpha value is -0.330. The quantitative estimate of drug-likeness (QED) is 0.293. The van der Waals surface area contributed by atoms with Gasteiger partial charge >= 0.3 is 29.6 Å². The third-order valence-corrected chi connectivity index (χ3v) is 3.76. The van der Waals surface area contributed by atoms with E-state index >= 15 is 0 Å². The van der Waals surface area contributed by atoms with Gasteiger partial charge in [0.2, 0.25) is 0 Å². The minimum Gasteiger partial charge on any atom is -0.744 e. The monoisotopic (exact) mass is 320 g/mol. The zero-order valence-electron chi connectivity index (χ0n) is 12.7. The maximum absolute atomic E-state index is 11.0. The molecule has 112 valence electrons. The number of rotatable bonds is 9. The molecule has 0 fully saturated rings. The summed E-state index contributed by atoms with van der Waals surface area (Å²) in [6.07, 6.45) is 10.2. The van der Waals surface area contributed by atoms with Crippen molar-refractivity contribution < 1.29 is 47.3 Å². The molecule has 0 N–H and O–H groups in total. The fraction of sp³-hybridized carbons (Fsp3) is 0.467. The van der Waals surface area contributed by atoms with Crippen molar-refractivity contribution in [1.82, 2.24) is 0 Å². The molecular formula is C15H21NaO4S. The first kappa shape index (κ1) is 20.7. The summed E-state index contributed by atoms with van der Waals surface area (Å²) in [7, 11) is -4.50. The summed E-state index contributed by atoms with van der Waals surface area (Å²) in [6, 6.07) is 5.84. The van der Waals surface area contributed by atoms with Crippen LogP contribution in [-0.4, -0.2) is 13.0 Å². The fourth-order valence-electron chi connectivity index (χ4n) is 1.81. The molecule has 0 atom stereocenters. The Morgan fingerprint density at radius 1 is 1.14 bits per heavy atom. The molecule has 6 heteroatoms. The van der Waals surface area contributed by atoms with Crippen LogP contribution in [0.1, 0.15) is 45.4 Å². The van der Waals surface area contributed by atoms with Gasteiger partial charge in [0.25, 0.3) is 0 Å². The SMILES string of the molecule is CCCCCCCC=COc1ccccc1S(=O)(=O)[O-].[Na+]. The first-order chi connectivity index (χ1) is 9.55. The second-order valence-electron chi connectivity index (χ2n) is 4.59. The molecule has 0 aromatic heterocycles. The Morgan fingerprint density at radius 3 is 2.48 bits per heavy atom. The van der Waals surface area contributed by atoms with Gasteiger partial charge in [0.15, 0.2) is 0 Å². The third-order valence-electron chi connectivity index (χ3n) is 2.88. The zero-order valence-corrected chi connectivity index (χ0v) is 15.6. The van der Waals surface area contributed by atoms with Crippen LogP contribution < -0.4 is 34.3 Å². The summed E-state index contributed by atoms with van der Waals surface area (Å²) in [5, 5.41) is 0. The zero-order chi connectivity index (χ0) is 14.8. The second kappa shape index (κ2) is 11.3. The average Bonchev–Trinajstić information content (AvgIpc) is 2.41. The van der Waals surface area contributed by atoms with Crippen LogP contribution >= 0.6 is 0 Å². The maximum Gasteiger partial charge on any atom is 1.00 e. The van der Waals surface area contributed by atoms with Crippen LogP contribution in [-0.2, 0) is 10.1 Å². The van der Waals surface area contributed by atoms with E-state index in [-0.39, 0.29) is 40.2 Å². The molecule has 0 saturated heterocycles. The molecule has 0 radical (unpaired) electrons. The van der Waals surface area contributed by atoms with E-state index in [0.29, 0.717) is 0 Å². The topological polar surface area (TPSA) is 66.4 Å². The third kappa shape index (κ3) is 8.63. The van der Waals surface area contributed by atoms with E-state index in [4.69, 9.17) is 4.74 Å². The van der Waals surface area contributed by atoms with Crippen LogP contribution in [0.5, 0.6) is 5.75 Å². The van der Waals surface area contributed by atoms with Crippen molar-refractivity contribution in [2.45, 2.75) is 50.3 Å². The van der Waals surface area contributed by atoms with Crippen molar-refractivity contribution in [1.29, 1.82) is 0 Å². The average molecular weight is 320 g/mol. The van der Waals surface area contributed by atoms with Gasteiger partial charge in [0.05, 0.1) is 11.2 Å². The standard InChI is InChI=1S/C15H22O4S.Na/c1-2-3-4-5-6-7-10-13-19-14-11-8-9-12-15(14)20(16,17)18;/h8-13H,2-7H2,1H3,(H,16,17,18);/q;+1/p-1. The van der Waals surface area contributed by atoms with Crippen LogP contribution in [0.25, 0.3) is 0 Å². The largest absolute Gasteiger partial charge is 1.00 e. The Balaban J connectivity index is 0.00000400. The van der Waals surface area contributed by atoms with Crippen LogP contribution in [0.4, 0.5) is 0 Å². The van der Waals surface area contributed by atoms with Gasteiger partial charge in [0, 0.05) is 0 Å². The molecule has 0 aliphatic rings. The van der Waals surface area contributed by atoms with Gasteiger partial charge in [-0.05, 0) is 31.1 Å². The Bertz CT molecular complexity index is 526. The van der Waals surface area contributed by atoms with Crippen molar-refractivity contribution in [2.24, 2.45) is 0 Å². The first-order valence-electron chi connectivity index (χ1n) is 6.92. The van der Waals surface area contributed by atoms with E-state index in [9.17, 15) is 13.0 Å². The van der Waals surface area contributed by atoms with Gasteiger partial charge in [-0.2, -0.15) is 0 Å². The Labute approximate surface area is 149 Å². The Kier molecular flexibility index (Phi) is 11.1. The van der Waals surface area contributed by atoms with Gasteiger partial charge in [-0.25, -0.2) is 8.42 Å². The van der Waals surface area contributed by atoms with E-state index in [1.165, 1.54) is 50.1 Å². The van der Waals surface area contributed by atoms with Crippen molar-refractivity contribution >= 4 is 10.1 Å². The second-order valence-corrected chi connectivity index (χ2v) is 5.94. The smallest absolute Gasteiger partial charge is 0.744 e. The molecule has 1 rings (SSSR count). The molecule has 0 amide bonds. The van der Waals surface area contributed by atoms with Crippen LogP contribution in [0.15, 0.2) is 41.5 Å². The summed E-state index contributed by atoms with van der Waals surface area (Å²) >= 11 is 0. The molecule has 0 aliphatic heterocycles. The number of ether oxygens (including phenoxy) is 1. The molecule has 0 spiro atoms. The predicted molar refractivity (Wildman–Crippen MR) is 77.5 cm³/mol. The fourth-order valence-corrected chi connectivity index (χ4v) is 2.42. The summed E-state index contributed by atoms with van der Waals surface area (Å²) in [5.74, 6) is 0.0738. The van der Waals surface area contributed by atoms with Gasteiger partial charge in [0.1, 0.15) is 15.9 Å². The van der Waals surface area contributed by atoms with Crippen LogP contribution in [0.3, 0.4) is 0 Å². The molecule has 0 heterocycles. The van der Waals surface area contributed by atoms with Gasteiger partial charge in [-0.1, -0.05) is 44.7 Å². The van der Waals surface area contributed by atoms with Gasteiger partial charge in [-0.3, -0.25) is 0 Å². The molecule has 4 nitrogen and oxygen atoms in total. The summed E-state index contributed by atoms with van der Waals surface area (Å²) in [6.45, 7) is 2.18. The Morgan fingerprint density at radius 2 is 1.81 bits per heavy atom. The summed E-state index contributed by atoms with van der Waals surface area (Å²) < 4.78 is 38.3. The minimum absolute atomic E-state index is 0. The van der Waals surface area contributed by atoms with E-state index < -0.39 is 10.1 Å². The molecule has 0 bridgehead atoms. The summed E-state index contributed by atoms with van der Waals surface area (Å²) in [5.41, 5.74) is 0. The van der Waals surface area contributed by atoms with Crippen molar-refractivity contribution in [3.05, 3.63) is 36.6 Å². The molecule has 0 unspecified atom stereocenters. The number of para-hydroxylation sites is 1. The maximum atomic E-state index is 11.0. The van der Waals surface area contributed by atoms with Crippen molar-refractivity contribution in [2.75, 3.05) is 0 Å². The van der Waals surface area contributed by atoms with E-state index in [1.54, 1.807) is 6.07 Å². The predicted octanol–water partition coefficient (Wildman–Crippen LogP) is 0.848. The van der Waals surface area contributed by atoms with Crippen molar-refractivity contribution in [3.8, 4) is 5.75 Å². The summed E-state index contributed by atoms with van der Waals surface area (Å²) in [4.78, 5) is -0.326. The first-order valence-corrected chi connectivity index (χ1v) is 8.33. The number of allylic oxidation sites excluding steroid dienone is 1. The van der Waals surface area contributed by atoms with Crippen LogP contribution in [0, 0.1) is 0 Å². The molecule has 1 aromatic carbocycles. The number of hydrogen-bond donors (Lipinski definition) is 0. The molecular weight excluding hydrogens is 299 g/mol. The number of hydrogen-bond acceptors (Lipinski definition) is 4. The minimum atomic E-state index is -4.50. The van der Waals surface area contributed by atoms with E-state index in [0.717, 1.165) is 12.8 Å². The van der Waals surface area contributed by atoms with Crippen LogP contribution in [0.2, 0.25) is 0 Å². The molecule has 0 aliphatic carbocycles. The van der Waals surface area contributed by atoms with Gasteiger partial charge < -0.3 is 9.29 Å². The molecule has 1 aromatic rings. The van der Waals surface area contributed by atoms with Gasteiger partial charge in [-0.15, -0.1) is 0 Å².